The number of fused-ring (bicyclic) bond motifs is 1. The predicted molar refractivity (Wildman–Crippen MR) is 96.1 cm³/mol. The van der Waals surface area contributed by atoms with Crippen LogP contribution in [0.1, 0.15) is 5.56 Å². The fraction of sp³-hybridized carbons (Fsp3) is 0.176. The maximum Gasteiger partial charge on any atom is 0.272 e. The first kappa shape index (κ1) is 20.3. The van der Waals surface area contributed by atoms with E-state index < -0.39 is 34.8 Å². The lowest BCUT2D eigenvalue weighted by Crippen LogP contribution is -2.15. The van der Waals surface area contributed by atoms with Crippen molar-refractivity contribution >= 4 is 26.6 Å². The van der Waals surface area contributed by atoms with Crippen LogP contribution < -0.4 is 14.2 Å². The standard InChI is InChI=1S/C17H13F3N4O4S/c1-27-17-13(5-11(18)16(23-17)28-8-15(19)20)24-29(25,26)14-7-22-12-4-9(6-21)2-3-10(12)14/h2-5,7,15,22,24H,8H2,1H3. The molecular formula is C17H13F3N4O4S. The van der Waals surface area contributed by atoms with Crippen LogP contribution in [0.25, 0.3) is 10.9 Å². The number of methoxy groups -OCH3 is 1. The molecule has 0 bridgehead atoms. The van der Waals surface area contributed by atoms with E-state index in [1.54, 1.807) is 0 Å². The number of aromatic nitrogens is 2. The van der Waals surface area contributed by atoms with Crippen LogP contribution in [0.4, 0.5) is 18.9 Å². The molecule has 3 aromatic rings. The molecule has 2 aromatic heterocycles. The lowest BCUT2D eigenvalue weighted by molar-refractivity contribution is 0.0770. The number of anilines is 1. The number of aromatic amines is 1. The first-order chi connectivity index (χ1) is 13.7. The Hall–Kier alpha value is -3.46. The molecule has 8 nitrogen and oxygen atoms in total. The number of benzene rings is 1. The Kier molecular flexibility index (Phi) is 5.51. The first-order valence-corrected chi connectivity index (χ1v) is 9.43. The van der Waals surface area contributed by atoms with E-state index in [1.165, 1.54) is 24.4 Å². The molecule has 0 unspecified atom stereocenters. The number of nitrogens with zero attached hydrogens (tertiary/aromatic N) is 2. The predicted octanol–water partition coefficient (Wildman–Crippen LogP) is 3.03. The number of H-pyrrole nitrogens is 1. The van der Waals surface area contributed by atoms with Gasteiger partial charge >= 0.3 is 0 Å². The molecule has 29 heavy (non-hydrogen) atoms. The fourth-order valence-electron chi connectivity index (χ4n) is 2.52. The second-order valence-corrected chi connectivity index (χ2v) is 7.32. The molecular weight excluding hydrogens is 413 g/mol. The van der Waals surface area contributed by atoms with E-state index >= 15 is 0 Å². The van der Waals surface area contributed by atoms with E-state index in [4.69, 9.17) is 10.00 Å². The summed E-state index contributed by atoms with van der Waals surface area (Å²) in [5, 5.41) is 9.24. The van der Waals surface area contributed by atoms with E-state index in [0.29, 0.717) is 22.5 Å². The quantitative estimate of drug-likeness (QED) is 0.600. The molecule has 0 amide bonds. The molecule has 0 aliphatic rings. The molecule has 2 N–H and O–H groups in total. The van der Waals surface area contributed by atoms with Crippen molar-refractivity contribution in [2.24, 2.45) is 0 Å². The zero-order chi connectivity index (χ0) is 21.2. The average molecular weight is 426 g/mol. The highest BCUT2D eigenvalue weighted by Crippen LogP contribution is 2.32. The van der Waals surface area contributed by atoms with Gasteiger partial charge < -0.3 is 14.5 Å². The van der Waals surface area contributed by atoms with Crippen molar-refractivity contribution in [1.82, 2.24) is 9.97 Å². The van der Waals surface area contributed by atoms with Crippen LogP contribution in [0, 0.1) is 17.1 Å². The van der Waals surface area contributed by atoms with Gasteiger partial charge in [0.25, 0.3) is 22.3 Å². The molecule has 0 saturated heterocycles. The number of ether oxygens (including phenoxy) is 2. The van der Waals surface area contributed by atoms with Crippen molar-refractivity contribution in [2.75, 3.05) is 18.4 Å². The number of alkyl halides is 2. The Morgan fingerprint density at radius 2 is 2.07 bits per heavy atom. The lowest BCUT2D eigenvalue weighted by atomic mass is 10.2. The number of pyridine rings is 1. The number of rotatable bonds is 7. The van der Waals surface area contributed by atoms with E-state index in [-0.39, 0.29) is 16.5 Å². The summed E-state index contributed by atoms with van der Waals surface area (Å²) >= 11 is 0. The van der Waals surface area contributed by atoms with Gasteiger partial charge in [0, 0.05) is 23.2 Å². The zero-order valence-electron chi connectivity index (χ0n) is 14.7. The first-order valence-electron chi connectivity index (χ1n) is 7.94. The minimum absolute atomic E-state index is 0.155. The van der Waals surface area contributed by atoms with Gasteiger partial charge in [-0.1, -0.05) is 6.07 Å². The molecule has 0 fully saturated rings. The molecule has 0 radical (unpaired) electrons. The molecule has 1 aromatic carbocycles. The van der Waals surface area contributed by atoms with Gasteiger partial charge in [0.15, 0.2) is 12.4 Å². The SMILES string of the molecule is COc1nc(OCC(F)F)c(F)cc1NS(=O)(=O)c1c[nH]c2cc(C#N)ccc12. The Bertz CT molecular complexity index is 1210. The Morgan fingerprint density at radius 1 is 1.31 bits per heavy atom. The molecule has 12 heteroatoms. The summed E-state index contributed by atoms with van der Waals surface area (Å²) < 4.78 is 75.8. The summed E-state index contributed by atoms with van der Waals surface area (Å²) in [5.74, 6) is -2.27. The fourth-order valence-corrected chi connectivity index (χ4v) is 3.75. The Balaban J connectivity index is 1.96. The number of sulfonamides is 1. The van der Waals surface area contributed by atoms with Gasteiger partial charge in [-0.05, 0) is 12.1 Å². The van der Waals surface area contributed by atoms with Crippen molar-refractivity contribution in [2.45, 2.75) is 11.3 Å². The number of halogens is 3. The second kappa shape index (κ2) is 7.88. The van der Waals surface area contributed by atoms with Gasteiger partial charge in [-0.3, -0.25) is 4.72 Å². The second-order valence-electron chi connectivity index (χ2n) is 5.66. The van der Waals surface area contributed by atoms with Crippen LogP contribution in [0.3, 0.4) is 0 Å². The lowest BCUT2D eigenvalue weighted by Gasteiger charge is -2.13. The van der Waals surface area contributed by atoms with Gasteiger partial charge in [-0.2, -0.15) is 10.2 Å². The van der Waals surface area contributed by atoms with E-state index in [0.717, 1.165) is 7.11 Å². The summed E-state index contributed by atoms with van der Waals surface area (Å²) in [7, 11) is -3.07. The Labute approximate surface area is 162 Å². The van der Waals surface area contributed by atoms with Crippen LogP contribution in [0.5, 0.6) is 11.8 Å². The van der Waals surface area contributed by atoms with Crippen LogP contribution >= 0.6 is 0 Å². The molecule has 2 heterocycles. The normalized spacial score (nSPS) is 11.4. The minimum atomic E-state index is -4.22. The largest absolute Gasteiger partial charge is 0.479 e. The van der Waals surface area contributed by atoms with Gasteiger partial charge in [-0.15, -0.1) is 0 Å². The van der Waals surface area contributed by atoms with Gasteiger partial charge in [0.05, 0.1) is 18.7 Å². The molecule has 0 spiro atoms. The van der Waals surface area contributed by atoms with Crippen LogP contribution in [-0.4, -0.2) is 38.5 Å². The maximum atomic E-state index is 14.1. The van der Waals surface area contributed by atoms with Gasteiger partial charge in [0.2, 0.25) is 5.88 Å². The molecule has 0 saturated carbocycles. The third kappa shape index (κ3) is 4.19. The van der Waals surface area contributed by atoms with Crippen LogP contribution in [0.15, 0.2) is 35.4 Å². The molecule has 3 rings (SSSR count). The highest BCUT2D eigenvalue weighted by atomic mass is 32.2. The summed E-state index contributed by atoms with van der Waals surface area (Å²) in [6, 6.07) is 7.04. The third-order valence-corrected chi connectivity index (χ3v) is 5.16. The number of nitrogens with one attached hydrogen (secondary N) is 2. The van der Waals surface area contributed by atoms with Crippen molar-refractivity contribution < 1.29 is 31.1 Å². The summed E-state index contributed by atoms with van der Waals surface area (Å²) in [6.07, 6.45) is -1.63. The third-order valence-electron chi connectivity index (χ3n) is 3.75. The van der Waals surface area contributed by atoms with Crippen molar-refractivity contribution in [3.05, 3.63) is 41.8 Å². The van der Waals surface area contributed by atoms with E-state index in [9.17, 15) is 21.6 Å². The number of hydrogen-bond donors (Lipinski definition) is 2. The highest BCUT2D eigenvalue weighted by molar-refractivity contribution is 7.93. The topological polar surface area (TPSA) is 117 Å². The minimum Gasteiger partial charge on any atom is -0.479 e. The molecule has 152 valence electrons. The zero-order valence-corrected chi connectivity index (χ0v) is 15.6. The number of nitriles is 1. The smallest absolute Gasteiger partial charge is 0.272 e. The monoisotopic (exact) mass is 426 g/mol. The van der Waals surface area contributed by atoms with Crippen molar-refractivity contribution in [3.8, 4) is 17.8 Å². The summed E-state index contributed by atoms with van der Waals surface area (Å²) in [5.41, 5.74) is 0.400. The van der Waals surface area contributed by atoms with E-state index in [1.807, 2.05) is 6.07 Å². The molecule has 0 aliphatic carbocycles. The summed E-state index contributed by atoms with van der Waals surface area (Å²) in [6.45, 7) is -1.09. The van der Waals surface area contributed by atoms with Gasteiger partial charge in [-0.25, -0.2) is 21.6 Å². The molecule has 0 aliphatic heterocycles. The average Bonchev–Trinajstić information content (AvgIpc) is 3.11. The van der Waals surface area contributed by atoms with Crippen molar-refractivity contribution in [1.29, 1.82) is 5.26 Å². The van der Waals surface area contributed by atoms with Crippen molar-refractivity contribution in [3.63, 3.8) is 0 Å². The van der Waals surface area contributed by atoms with E-state index in [2.05, 4.69) is 19.4 Å². The van der Waals surface area contributed by atoms with Crippen LogP contribution in [-0.2, 0) is 10.0 Å². The van der Waals surface area contributed by atoms with Crippen LogP contribution in [0.2, 0.25) is 0 Å². The molecule has 0 atom stereocenters. The number of hydrogen-bond acceptors (Lipinski definition) is 6. The Morgan fingerprint density at radius 3 is 2.72 bits per heavy atom. The summed E-state index contributed by atoms with van der Waals surface area (Å²) in [4.78, 5) is 6.18. The maximum absolute atomic E-state index is 14.1. The highest BCUT2D eigenvalue weighted by Gasteiger charge is 2.23. The van der Waals surface area contributed by atoms with Gasteiger partial charge in [0.1, 0.15) is 10.6 Å².